The third kappa shape index (κ3) is 2.01. The standard InChI is InChI=1S/C12H14FN3O2/c1-15(2)12(17)16-6-5-10(14-18)9-7-8(13)3-4-11(9)16/h3-4,7,18H,5-6H2,1-2H3. The summed E-state index contributed by atoms with van der Waals surface area (Å²) in [6, 6.07) is 3.91. The lowest BCUT2D eigenvalue weighted by atomic mass is 9.99. The highest BCUT2D eigenvalue weighted by Crippen LogP contribution is 2.28. The van der Waals surface area contributed by atoms with Crippen molar-refractivity contribution in [3.05, 3.63) is 29.6 Å². The number of benzene rings is 1. The van der Waals surface area contributed by atoms with E-state index in [2.05, 4.69) is 5.16 Å². The maximum absolute atomic E-state index is 13.2. The van der Waals surface area contributed by atoms with Crippen molar-refractivity contribution in [2.75, 3.05) is 25.5 Å². The highest BCUT2D eigenvalue weighted by Gasteiger charge is 2.27. The Bertz CT molecular complexity index is 514. The molecule has 5 nitrogen and oxygen atoms in total. The van der Waals surface area contributed by atoms with Crippen LogP contribution in [0.5, 0.6) is 0 Å². The van der Waals surface area contributed by atoms with Crippen LogP contribution in [0.1, 0.15) is 12.0 Å². The molecule has 2 rings (SSSR count). The lowest BCUT2D eigenvalue weighted by Crippen LogP contribution is -2.43. The summed E-state index contributed by atoms with van der Waals surface area (Å²) in [7, 11) is 3.31. The van der Waals surface area contributed by atoms with Gasteiger partial charge < -0.3 is 10.1 Å². The Kier molecular flexibility index (Phi) is 3.18. The number of carbonyl (C=O) groups is 1. The van der Waals surface area contributed by atoms with Gasteiger partial charge in [0.25, 0.3) is 0 Å². The van der Waals surface area contributed by atoms with Gasteiger partial charge in [-0.3, -0.25) is 4.90 Å². The van der Waals surface area contributed by atoms with Crippen LogP contribution in [0.4, 0.5) is 14.9 Å². The number of fused-ring (bicyclic) bond motifs is 1. The van der Waals surface area contributed by atoms with Crippen molar-refractivity contribution in [2.24, 2.45) is 5.16 Å². The molecule has 1 N–H and O–H groups in total. The Morgan fingerprint density at radius 1 is 1.50 bits per heavy atom. The van der Waals surface area contributed by atoms with Gasteiger partial charge in [0.1, 0.15) is 5.82 Å². The molecule has 1 aliphatic rings. The molecule has 0 saturated heterocycles. The lowest BCUT2D eigenvalue weighted by Gasteiger charge is -2.31. The first-order chi connectivity index (χ1) is 8.54. The fraction of sp³-hybridized carbons (Fsp3) is 0.333. The average molecular weight is 251 g/mol. The molecular formula is C12H14FN3O2. The van der Waals surface area contributed by atoms with Crippen molar-refractivity contribution in [1.29, 1.82) is 0 Å². The highest BCUT2D eigenvalue weighted by molar-refractivity contribution is 6.10. The SMILES string of the molecule is CN(C)C(=O)N1CCC(=NO)c2cc(F)ccc21. The third-order valence-electron chi connectivity index (χ3n) is 2.87. The smallest absolute Gasteiger partial charge is 0.323 e. The van der Waals surface area contributed by atoms with Crippen molar-refractivity contribution in [3.8, 4) is 0 Å². The molecule has 6 heteroatoms. The van der Waals surface area contributed by atoms with Gasteiger partial charge in [-0.1, -0.05) is 5.16 Å². The van der Waals surface area contributed by atoms with Crippen LogP contribution in [0.15, 0.2) is 23.4 Å². The van der Waals surface area contributed by atoms with Gasteiger partial charge in [-0.15, -0.1) is 0 Å². The molecular weight excluding hydrogens is 237 g/mol. The number of oxime groups is 1. The van der Waals surface area contributed by atoms with Gasteiger partial charge in [0.05, 0.1) is 11.4 Å². The Balaban J connectivity index is 2.50. The lowest BCUT2D eigenvalue weighted by molar-refractivity contribution is 0.223. The van der Waals surface area contributed by atoms with Crippen LogP contribution in [0, 0.1) is 5.82 Å². The van der Waals surface area contributed by atoms with Gasteiger partial charge in [-0.25, -0.2) is 9.18 Å². The zero-order valence-corrected chi connectivity index (χ0v) is 10.2. The molecule has 0 radical (unpaired) electrons. The largest absolute Gasteiger partial charge is 0.411 e. The van der Waals surface area contributed by atoms with E-state index in [1.54, 1.807) is 19.0 Å². The molecule has 0 atom stereocenters. The first kappa shape index (κ1) is 12.3. The zero-order valence-electron chi connectivity index (χ0n) is 10.2. The van der Waals surface area contributed by atoms with E-state index in [0.717, 1.165) is 0 Å². The molecule has 1 aromatic rings. The second-order valence-corrected chi connectivity index (χ2v) is 4.29. The first-order valence-electron chi connectivity index (χ1n) is 5.54. The molecule has 0 aromatic heterocycles. The molecule has 0 bridgehead atoms. The summed E-state index contributed by atoms with van der Waals surface area (Å²) in [6.45, 7) is 0.412. The van der Waals surface area contributed by atoms with Gasteiger partial charge in [-0.05, 0) is 18.2 Å². The molecule has 1 aliphatic heterocycles. The molecule has 1 heterocycles. The van der Waals surface area contributed by atoms with E-state index in [9.17, 15) is 9.18 Å². The molecule has 2 amide bonds. The minimum absolute atomic E-state index is 0.181. The van der Waals surface area contributed by atoms with Gasteiger partial charge in [-0.2, -0.15) is 0 Å². The second-order valence-electron chi connectivity index (χ2n) is 4.29. The van der Waals surface area contributed by atoms with Crippen LogP contribution in [-0.4, -0.2) is 42.5 Å². The monoisotopic (exact) mass is 251 g/mol. The predicted octanol–water partition coefficient (Wildman–Crippen LogP) is 1.90. The summed E-state index contributed by atoms with van der Waals surface area (Å²) >= 11 is 0. The number of anilines is 1. The van der Waals surface area contributed by atoms with Crippen LogP contribution in [-0.2, 0) is 0 Å². The number of halogens is 1. The van der Waals surface area contributed by atoms with Crippen molar-refractivity contribution in [1.82, 2.24) is 4.90 Å². The van der Waals surface area contributed by atoms with Gasteiger partial charge in [0.15, 0.2) is 0 Å². The molecule has 1 aromatic carbocycles. The van der Waals surface area contributed by atoms with E-state index in [1.807, 2.05) is 0 Å². The molecule has 0 spiro atoms. The number of nitrogens with zero attached hydrogens (tertiary/aromatic N) is 3. The minimum Gasteiger partial charge on any atom is -0.411 e. The molecule has 0 unspecified atom stereocenters. The van der Waals surface area contributed by atoms with Gasteiger partial charge in [0.2, 0.25) is 0 Å². The Morgan fingerprint density at radius 2 is 2.22 bits per heavy atom. The van der Waals surface area contributed by atoms with Crippen LogP contribution in [0.3, 0.4) is 0 Å². The fourth-order valence-corrected chi connectivity index (χ4v) is 1.99. The van der Waals surface area contributed by atoms with Gasteiger partial charge in [0, 0.05) is 32.6 Å². The fourth-order valence-electron chi connectivity index (χ4n) is 1.99. The average Bonchev–Trinajstić information content (AvgIpc) is 2.36. The van der Waals surface area contributed by atoms with Crippen molar-refractivity contribution in [3.63, 3.8) is 0 Å². The number of hydrogen-bond donors (Lipinski definition) is 1. The third-order valence-corrected chi connectivity index (χ3v) is 2.87. The van der Waals surface area contributed by atoms with Crippen molar-refractivity contribution in [2.45, 2.75) is 6.42 Å². The maximum Gasteiger partial charge on any atom is 0.323 e. The topological polar surface area (TPSA) is 56.1 Å². The summed E-state index contributed by atoms with van der Waals surface area (Å²) in [5.74, 6) is -0.422. The molecule has 0 aliphatic carbocycles. The van der Waals surface area contributed by atoms with E-state index in [0.29, 0.717) is 29.9 Å². The van der Waals surface area contributed by atoms with Gasteiger partial charge >= 0.3 is 6.03 Å². The maximum atomic E-state index is 13.2. The van der Waals surface area contributed by atoms with Crippen LogP contribution in [0.2, 0.25) is 0 Å². The zero-order chi connectivity index (χ0) is 13.3. The van der Waals surface area contributed by atoms with E-state index < -0.39 is 5.82 Å². The van der Waals surface area contributed by atoms with E-state index in [-0.39, 0.29) is 6.03 Å². The minimum atomic E-state index is -0.422. The summed E-state index contributed by atoms with van der Waals surface area (Å²) in [4.78, 5) is 15.0. The Morgan fingerprint density at radius 3 is 2.83 bits per heavy atom. The van der Waals surface area contributed by atoms with Crippen molar-refractivity contribution >= 4 is 17.4 Å². The molecule has 18 heavy (non-hydrogen) atoms. The predicted molar refractivity (Wildman–Crippen MR) is 65.8 cm³/mol. The second kappa shape index (κ2) is 4.64. The Labute approximate surface area is 104 Å². The quantitative estimate of drug-likeness (QED) is 0.565. The van der Waals surface area contributed by atoms with Crippen LogP contribution < -0.4 is 4.90 Å². The molecule has 0 saturated carbocycles. The summed E-state index contributed by atoms with van der Waals surface area (Å²) in [5, 5.41) is 12.1. The summed E-state index contributed by atoms with van der Waals surface area (Å²) < 4.78 is 13.2. The number of hydrogen-bond acceptors (Lipinski definition) is 3. The van der Waals surface area contributed by atoms with E-state index >= 15 is 0 Å². The van der Waals surface area contributed by atoms with Crippen LogP contribution in [0.25, 0.3) is 0 Å². The Hall–Kier alpha value is -2.11. The number of amides is 2. The molecule has 96 valence electrons. The number of rotatable bonds is 0. The van der Waals surface area contributed by atoms with E-state index in [1.165, 1.54) is 23.1 Å². The summed E-state index contributed by atoms with van der Waals surface area (Å²) in [6.07, 6.45) is 0.395. The molecule has 0 fully saturated rings. The highest BCUT2D eigenvalue weighted by atomic mass is 19.1. The first-order valence-corrected chi connectivity index (χ1v) is 5.54. The normalized spacial score (nSPS) is 16.6. The van der Waals surface area contributed by atoms with Crippen LogP contribution >= 0.6 is 0 Å². The van der Waals surface area contributed by atoms with Crippen molar-refractivity contribution < 1.29 is 14.4 Å². The summed E-state index contributed by atoms with van der Waals surface area (Å²) in [5.41, 5.74) is 1.42. The number of carbonyl (C=O) groups excluding carboxylic acids is 1. The number of urea groups is 1. The van der Waals surface area contributed by atoms with E-state index in [4.69, 9.17) is 5.21 Å².